The minimum Gasteiger partial charge on any atom is -0.392 e. The van der Waals surface area contributed by atoms with Gasteiger partial charge in [0.05, 0.1) is 6.10 Å². The summed E-state index contributed by atoms with van der Waals surface area (Å²) in [6.07, 6.45) is 1.12. The minimum atomic E-state index is -0.0625. The molecule has 0 bridgehead atoms. The molecule has 1 nitrogen and oxygen atoms in total. The van der Waals surface area contributed by atoms with Crippen LogP contribution in [-0.4, -0.2) is 11.2 Å². The van der Waals surface area contributed by atoms with Crippen molar-refractivity contribution in [2.75, 3.05) is 0 Å². The van der Waals surface area contributed by atoms with Gasteiger partial charge < -0.3 is 5.11 Å². The highest BCUT2D eigenvalue weighted by molar-refractivity contribution is 4.96. The van der Waals surface area contributed by atoms with E-state index >= 15 is 0 Å². The zero-order valence-electron chi connectivity index (χ0n) is 7.39. The summed E-state index contributed by atoms with van der Waals surface area (Å²) >= 11 is 0. The smallest absolute Gasteiger partial charge is 0.0622 e. The van der Waals surface area contributed by atoms with Gasteiger partial charge in [-0.1, -0.05) is 27.7 Å². The molecular formula is C9H18O. The van der Waals surface area contributed by atoms with Crippen LogP contribution in [0.15, 0.2) is 0 Å². The zero-order chi connectivity index (χ0) is 7.94. The SMILES string of the molecule is CC(C)C1CC(C)(C)C1O. The summed E-state index contributed by atoms with van der Waals surface area (Å²) < 4.78 is 0. The van der Waals surface area contributed by atoms with E-state index in [-0.39, 0.29) is 11.5 Å². The molecule has 0 aliphatic heterocycles. The van der Waals surface area contributed by atoms with Gasteiger partial charge in [-0.2, -0.15) is 0 Å². The second-order valence-corrected chi connectivity index (χ2v) is 4.55. The largest absolute Gasteiger partial charge is 0.392 e. The van der Waals surface area contributed by atoms with Gasteiger partial charge in [-0.05, 0) is 23.7 Å². The molecule has 1 aliphatic carbocycles. The maximum absolute atomic E-state index is 9.61. The Hall–Kier alpha value is -0.0400. The summed E-state index contributed by atoms with van der Waals surface area (Å²) in [5.41, 5.74) is 0.189. The van der Waals surface area contributed by atoms with Crippen LogP contribution in [0.25, 0.3) is 0 Å². The van der Waals surface area contributed by atoms with E-state index in [0.29, 0.717) is 11.8 Å². The molecule has 0 aromatic rings. The van der Waals surface area contributed by atoms with Gasteiger partial charge in [0.1, 0.15) is 0 Å². The van der Waals surface area contributed by atoms with Crippen molar-refractivity contribution in [3.63, 3.8) is 0 Å². The molecule has 1 heteroatoms. The summed E-state index contributed by atoms with van der Waals surface area (Å²) in [7, 11) is 0. The Kier molecular flexibility index (Phi) is 1.80. The van der Waals surface area contributed by atoms with E-state index in [0.717, 1.165) is 0 Å². The Morgan fingerprint density at radius 1 is 1.40 bits per heavy atom. The van der Waals surface area contributed by atoms with Crippen LogP contribution in [0.2, 0.25) is 0 Å². The van der Waals surface area contributed by atoms with Gasteiger partial charge >= 0.3 is 0 Å². The molecule has 0 spiro atoms. The molecule has 0 aromatic heterocycles. The molecule has 1 N–H and O–H groups in total. The van der Waals surface area contributed by atoms with Gasteiger partial charge in [0, 0.05) is 0 Å². The predicted octanol–water partition coefficient (Wildman–Crippen LogP) is 2.05. The summed E-state index contributed by atoms with van der Waals surface area (Å²) in [6.45, 7) is 8.64. The number of rotatable bonds is 1. The first-order valence-electron chi connectivity index (χ1n) is 4.13. The Balaban J connectivity index is 2.47. The molecule has 1 fully saturated rings. The van der Waals surface area contributed by atoms with Crippen molar-refractivity contribution in [3.8, 4) is 0 Å². The molecule has 0 radical (unpaired) electrons. The van der Waals surface area contributed by atoms with Crippen LogP contribution in [0, 0.1) is 17.3 Å². The Labute approximate surface area is 63.4 Å². The molecule has 10 heavy (non-hydrogen) atoms. The monoisotopic (exact) mass is 142 g/mol. The maximum atomic E-state index is 9.61. The average molecular weight is 142 g/mol. The fourth-order valence-electron chi connectivity index (χ4n) is 1.86. The molecule has 1 saturated carbocycles. The normalized spacial score (nSPS) is 37.8. The topological polar surface area (TPSA) is 20.2 Å². The molecule has 0 aromatic carbocycles. The molecule has 0 saturated heterocycles. The van der Waals surface area contributed by atoms with Gasteiger partial charge in [-0.25, -0.2) is 0 Å². The first kappa shape index (κ1) is 8.06. The lowest BCUT2D eigenvalue weighted by molar-refractivity contribution is -0.116. The lowest BCUT2D eigenvalue weighted by Crippen LogP contribution is -2.50. The second-order valence-electron chi connectivity index (χ2n) is 4.55. The van der Waals surface area contributed by atoms with Crippen molar-refractivity contribution in [3.05, 3.63) is 0 Å². The van der Waals surface area contributed by atoms with Crippen LogP contribution < -0.4 is 0 Å². The summed E-state index contributed by atoms with van der Waals surface area (Å²) in [5, 5.41) is 9.61. The van der Waals surface area contributed by atoms with Crippen molar-refractivity contribution in [2.24, 2.45) is 17.3 Å². The number of aliphatic hydroxyl groups excluding tert-OH is 1. The van der Waals surface area contributed by atoms with Gasteiger partial charge in [0.15, 0.2) is 0 Å². The lowest BCUT2D eigenvalue weighted by Gasteiger charge is -2.50. The van der Waals surface area contributed by atoms with Crippen LogP contribution in [0.3, 0.4) is 0 Å². The Bertz CT molecular complexity index is 127. The van der Waals surface area contributed by atoms with Crippen LogP contribution in [0.1, 0.15) is 34.1 Å². The van der Waals surface area contributed by atoms with E-state index in [4.69, 9.17) is 0 Å². The quantitative estimate of drug-likeness (QED) is 0.594. The van der Waals surface area contributed by atoms with Gasteiger partial charge in [0.25, 0.3) is 0 Å². The van der Waals surface area contributed by atoms with Crippen molar-refractivity contribution < 1.29 is 5.11 Å². The molecular weight excluding hydrogens is 124 g/mol. The highest BCUT2D eigenvalue weighted by atomic mass is 16.3. The van der Waals surface area contributed by atoms with E-state index in [1.54, 1.807) is 0 Å². The van der Waals surface area contributed by atoms with Gasteiger partial charge in [0.2, 0.25) is 0 Å². The highest BCUT2D eigenvalue weighted by Crippen LogP contribution is 2.48. The number of hydrogen-bond donors (Lipinski definition) is 1. The van der Waals surface area contributed by atoms with E-state index in [9.17, 15) is 5.11 Å². The van der Waals surface area contributed by atoms with E-state index in [1.807, 2.05) is 0 Å². The molecule has 1 aliphatic rings. The highest BCUT2D eigenvalue weighted by Gasteiger charge is 2.47. The average Bonchev–Trinajstić information content (AvgIpc) is 1.82. The van der Waals surface area contributed by atoms with Crippen molar-refractivity contribution in [1.29, 1.82) is 0 Å². The summed E-state index contributed by atoms with van der Waals surface area (Å²) in [5.74, 6) is 1.19. The lowest BCUT2D eigenvalue weighted by atomic mass is 9.58. The predicted molar refractivity (Wildman–Crippen MR) is 42.7 cm³/mol. The van der Waals surface area contributed by atoms with Crippen LogP contribution >= 0.6 is 0 Å². The third-order valence-corrected chi connectivity index (χ3v) is 2.82. The molecule has 1 rings (SSSR count). The van der Waals surface area contributed by atoms with E-state index in [2.05, 4.69) is 27.7 Å². The molecule has 60 valence electrons. The third-order valence-electron chi connectivity index (χ3n) is 2.82. The molecule has 2 unspecified atom stereocenters. The summed E-state index contributed by atoms with van der Waals surface area (Å²) in [6, 6.07) is 0. The van der Waals surface area contributed by atoms with Crippen molar-refractivity contribution in [2.45, 2.75) is 40.2 Å². The Morgan fingerprint density at radius 2 is 1.90 bits per heavy atom. The van der Waals surface area contributed by atoms with Crippen LogP contribution in [0.5, 0.6) is 0 Å². The first-order chi connectivity index (χ1) is 4.45. The van der Waals surface area contributed by atoms with Crippen LogP contribution in [0.4, 0.5) is 0 Å². The van der Waals surface area contributed by atoms with Crippen molar-refractivity contribution in [1.82, 2.24) is 0 Å². The number of hydrogen-bond acceptors (Lipinski definition) is 1. The standard InChI is InChI=1S/C9H18O/c1-6(2)7-5-9(3,4)8(7)10/h6-8,10H,5H2,1-4H3. The third kappa shape index (κ3) is 1.07. The van der Waals surface area contributed by atoms with Gasteiger partial charge in [-0.15, -0.1) is 0 Å². The van der Waals surface area contributed by atoms with E-state index in [1.165, 1.54) is 6.42 Å². The molecule has 0 amide bonds. The fourth-order valence-corrected chi connectivity index (χ4v) is 1.86. The van der Waals surface area contributed by atoms with Crippen LogP contribution in [-0.2, 0) is 0 Å². The maximum Gasteiger partial charge on any atom is 0.0622 e. The van der Waals surface area contributed by atoms with Gasteiger partial charge in [-0.3, -0.25) is 0 Å². The van der Waals surface area contributed by atoms with Crippen molar-refractivity contribution >= 4 is 0 Å². The second kappa shape index (κ2) is 2.23. The zero-order valence-corrected chi connectivity index (χ0v) is 7.39. The first-order valence-corrected chi connectivity index (χ1v) is 4.13. The Morgan fingerprint density at radius 3 is 2.00 bits per heavy atom. The minimum absolute atomic E-state index is 0.0625. The number of aliphatic hydroxyl groups is 1. The summed E-state index contributed by atoms with van der Waals surface area (Å²) in [4.78, 5) is 0. The molecule has 2 atom stereocenters. The fraction of sp³-hybridized carbons (Fsp3) is 1.00. The van der Waals surface area contributed by atoms with E-state index < -0.39 is 0 Å². The molecule has 0 heterocycles.